The molecular weight excluding hydrogens is 386 g/mol. The molecule has 0 saturated carbocycles. The topological polar surface area (TPSA) is 166 Å². The van der Waals surface area contributed by atoms with E-state index >= 15 is 0 Å². The van der Waals surface area contributed by atoms with Gasteiger partial charge in [0.25, 0.3) is 0 Å². The van der Waals surface area contributed by atoms with Gasteiger partial charge < -0.3 is 40.7 Å². The van der Waals surface area contributed by atoms with Crippen molar-refractivity contribution >= 4 is 17.7 Å². The second-order valence-corrected chi connectivity index (χ2v) is 6.95. The molecule has 6 N–H and O–H groups in total. The van der Waals surface area contributed by atoms with Gasteiger partial charge in [0.15, 0.2) is 6.29 Å². The summed E-state index contributed by atoms with van der Waals surface area (Å²) in [5, 5.41) is 37.3. The van der Waals surface area contributed by atoms with E-state index in [0.717, 1.165) is 0 Å². The van der Waals surface area contributed by atoms with Crippen LogP contribution in [0.2, 0.25) is 0 Å². The van der Waals surface area contributed by atoms with Gasteiger partial charge in [-0.25, -0.2) is 0 Å². The lowest BCUT2D eigenvalue weighted by atomic mass is 9.97. The van der Waals surface area contributed by atoms with Crippen molar-refractivity contribution in [2.24, 2.45) is 0 Å². The third-order valence-electron chi connectivity index (χ3n) is 4.38. The fraction of sp³-hybridized carbons (Fsp3) is 0.833. The largest absolute Gasteiger partial charge is 0.394 e. The highest BCUT2D eigenvalue weighted by Crippen LogP contribution is 2.22. The van der Waals surface area contributed by atoms with E-state index in [1.54, 1.807) is 0 Å². The van der Waals surface area contributed by atoms with Gasteiger partial charge in [0.1, 0.15) is 24.4 Å². The number of rotatable bonds is 12. The summed E-state index contributed by atoms with van der Waals surface area (Å²) in [6, 6.07) is -0.975. The Hall–Kier alpha value is -1.79. The Labute approximate surface area is 170 Å². The molecule has 11 heteroatoms. The second-order valence-electron chi connectivity index (χ2n) is 6.95. The zero-order chi connectivity index (χ0) is 21.8. The van der Waals surface area contributed by atoms with Gasteiger partial charge in [0.05, 0.1) is 6.61 Å². The number of nitrogens with one attached hydrogen (secondary N) is 3. The van der Waals surface area contributed by atoms with Crippen molar-refractivity contribution in [3.05, 3.63) is 0 Å². The number of amides is 3. The lowest BCUT2D eigenvalue weighted by Gasteiger charge is -2.42. The molecule has 3 amide bonds. The molecule has 168 valence electrons. The number of aliphatic hydroxyl groups excluding tert-OH is 3. The first-order chi connectivity index (χ1) is 13.8. The molecular formula is C18H33N3O8. The lowest BCUT2D eigenvalue weighted by Crippen LogP contribution is -2.64. The molecule has 0 radical (unpaired) electrons. The Morgan fingerprint density at radius 2 is 1.66 bits per heavy atom. The van der Waals surface area contributed by atoms with E-state index in [-0.39, 0.29) is 18.4 Å². The van der Waals surface area contributed by atoms with Crippen molar-refractivity contribution in [3.63, 3.8) is 0 Å². The highest BCUT2D eigenvalue weighted by Gasteiger charge is 2.45. The van der Waals surface area contributed by atoms with E-state index in [1.165, 1.54) is 13.8 Å². The number of unbranched alkanes of at least 4 members (excludes halogenated alkanes) is 1. The molecule has 0 aromatic carbocycles. The van der Waals surface area contributed by atoms with E-state index in [2.05, 4.69) is 16.0 Å². The monoisotopic (exact) mass is 419 g/mol. The van der Waals surface area contributed by atoms with Crippen LogP contribution in [0.3, 0.4) is 0 Å². The summed E-state index contributed by atoms with van der Waals surface area (Å²) in [5.41, 5.74) is 0. The minimum Gasteiger partial charge on any atom is -0.394 e. The van der Waals surface area contributed by atoms with Crippen LogP contribution >= 0.6 is 0 Å². The van der Waals surface area contributed by atoms with Crippen LogP contribution in [0.25, 0.3) is 0 Å². The third-order valence-corrected chi connectivity index (χ3v) is 4.38. The number of aliphatic hydroxyl groups is 3. The summed E-state index contributed by atoms with van der Waals surface area (Å²) in [6.45, 7) is 3.39. The average molecular weight is 419 g/mol. The van der Waals surface area contributed by atoms with E-state index < -0.39 is 43.2 Å². The summed E-state index contributed by atoms with van der Waals surface area (Å²) >= 11 is 0. The quantitative estimate of drug-likeness (QED) is 0.193. The van der Waals surface area contributed by atoms with Crippen LogP contribution in [0.4, 0.5) is 0 Å². The summed E-state index contributed by atoms with van der Waals surface area (Å²) < 4.78 is 11.0. The second kappa shape index (κ2) is 13.4. The molecule has 1 saturated heterocycles. The molecule has 0 unspecified atom stereocenters. The lowest BCUT2D eigenvalue weighted by molar-refractivity contribution is -0.270. The Bertz CT molecular complexity index is 533. The van der Waals surface area contributed by atoms with Crippen LogP contribution in [-0.2, 0) is 23.9 Å². The summed E-state index contributed by atoms with van der Waals surface area (Å²) in [6.07, 6.45) is -2.70. The van der Waals surface area contributed by atoms with Crippen LogP contribution in [-0.4, -0.2) is 90.0 Å². The van der Waals surface area contributed by atoms with E-state index in [1.807, 2.05) is 0 Å². The molecule has 0 aliphatic carbocycles. The minimum absolute atomic E-state index is 0.100. The minimum atomic E-state index is -1.36. The fourth-order valence-electron chi connectivity index (χ4n) is 2.87. The number of hydrogen-bond donors (Lipinski definition) is 6. The summed E-state index contributed by atoms with van der Waals surface area (Å²) in [7, 11) is 0. The Morgan fingerprint density at radius 3 is 2.28 bits per heavy atom. The average Bonchev–Trinajstić information content (AvgIpc) is 2.65. The number of hydrogen-bond acceptors (Lipinski definition) is 8. The van der Waals surface area contributed by atoms with Crippen LogP contribution < -0.4 is 16.0 Å². The predicted molar refractivity (Wildman–Crippen MR) is 101 cm³/mol. The van der Waals surface area contributed by atoms with E-state index in [4.69, 9.17) is 9.47 Å². The van der Waals surface area contributed by atoms with Crippen molar-refractivity contribution in [3.8, 4) is 0 Å². The van der Waals surface area contributed by atoms with Gasteiger partial charge in [-0.3, -0.25) is 14.4 Å². The highest BCUT2D eigenvalue weighted by atomic mass is 16.7. The first-order valence-electron chi connectivity index (χ1n) is 9.78. The molecule has 0 spiro atoms. The number of carbonyl (C=O) groups is 3. The van der Waals surface area contributed by atoms with Crippen LogP contribution in [0.5, 0.6) is 0 Å². The van der Waals surface area contributed by atoms with Gasteiger partial charge in [-0.1, -0.05) is 0 Å². The van der Waals surface area contributed by atoms with E-state index in [0.29, 0.717) is 38.8 Å². The van der Waals surface area contributed by atoms with Gasteiger partial charge in [-0.15, -0.1) is 0 Å². The fourth-order valence-corrected chi connectivity index (χ4v) is 2.87. The molecule has 1 aliphatic rings. The predicted octanol–water partition coefficient (Wildman–Crippen LogP) is -2.24. The van der Waals surface area contributed by atoms with Crippen LogP contribution in [0, 0.1) is 0 Å². The van der Waals surface area contributed by atoms with Crippen molar-refractivity contribution in [1.29, 1.82) is 0 Å². The molecule has 0 bridgehead atoms. The van der Waals surface area contributed by atoms with Gasteiger partial charge >= 0.3 is 0 Å². The van der Waals surface area contributed by atoms with Crippen LogP contribution in [0.15, 0.2) is 0 Å². The standard InChI is InChI=1S/C18H33N3O8/c1-11(23)19-7-5-8-20-14(25)6-3-4-9-28-18-15(21-12(2)24)17(27)16(26)13(10-22)29-18/h13,15-18,22,26-27H,3-10H2,1-2H3,(H,19,23)(H,20,25)(H,21,24)/t13-,15-,16+,17-,18-/m1/s1. The normalized spacial score (nSPS) is 26.6. The molecule has 11 nitrogen and oxygen atoms in total. The van der Waals surface area contributed by atoms with Crippen molar-refractivity contribution in [2.45, 2.75) is 70.2 Å². The van der Waals surface area contributed by atoms with Crippen molar-refractivity contribution in [2.75, 3.05) is 26.3 Å². The van der Waals surface area contributed by atoms with Crippen LogP contribution in [0.1, 0.15) is 39.5 Å². The number of ether oxygens (including phenoxy) is 2. The van der Waals surface area contributed by atoms with Crippen molar-refractivity contribution in [1.82, 2.24) is 16.0 Å². The highest BCUT2D eigenvalue weighted by molar-refractivity contribution is 5.75. The summed E-state index contributed by atoms with van der Waals surface area (Å²) in [5.74, 6) is -0.626. The number of carbonyl (C=O) groups excluding carboxylic acids is 3. The van der Waals surface area contributed by atoms with Gasteiger partial charge in [-0.2, -0.15) is 0 Å². The maximum Gasteiger partial charge on any atom is 0.219 e. The Kier molecular flexibility index (Phi) is 11.7. The Balaban J connectivity index is 2.29. The molecule has 0 aromatic heterocycles. The molecule has 29 heavy (non-hydrogen) atoms. The maximum atomic E-state index is 11.7. The van der Waals surface area contributed by atoms with Gasteiger partial charge in [-0.05, 0) is 19.3 Å². The molecule has 1 fully saturated rings. The van der Waals surface area contributed by atoms with Crippen molar-refractivity contribution < 1.29 is 39.2 Å². The molecule has 1 heterocycles. The first kappa shape index (κ1) is 25.2. The SMILES string of the molecule is CC(=O)NCCCNC(=O)CCCCO[C@@H]1O[C@H](CO)[C@H](O)[C@H](O)[C@H]1NC(C)=O. The zero-order valence-electron chi connectivity index (χ0n) is 16.9. The summed E-state index contributed by atoms with van der Waals surface area (Å²) in [4.78, 5) is 33.8. The first-order valence-corrected chi connectivity index (χ1v) is 9.78. The molecule has 5 atom stereocenters. The zero-order valence-corrected chi connectivity index (χ0v) is 16.9. The maximum absolute atomic E-state index is 11.7. The molecule has 0 aromatic rings. The van der Waals surface area contributed by atoms with Gasteiger partial charge in [0.2, 0.25) is 17.7 Å². The Morgan fingerprint density at radius 1 is 0.966 bits per heavy atom. The smallest absolute Gasteiger partial charge is 0.219 e. The third kappa shape index (κ3) is 9.50. The van der Waals surface area contributed by atoms with Gasteiger partial charge in [0, 0.05) is 40.0 Å². The van der Waals surface area contributed by atoms with E-state index in [9.17, 15) is 29.7 Å². The molecule has 1 rings (SSSR count). The molecule has 1 aliphatic heterocycles.